The standard InChI is InChI=1S/C30H36N2O3/c1-5-24(4)31-30(34)27(19-25-15-7-6-8-16-25)32(20-26-17-11-9-13-22(26)2)29(33)21-35-28-18-12-10-14-23(28)3/h6-18,24,27H,5,19-21H2,1-4H3,(H,31,34)/t24-,27+/m1/s1. The molecule has 0 bridgehead atoms. The molecule has 2 amide bonds. The van der Waals surface area contributed by atoms with Crippen molar-refractivity contribution in [3.05, 3.63) is 101 Å². The number of benzene rings is 3. The van der Waals surface area contributed by atoms with Crippen LogP contribution in [0.4, 0.5) is 0 Å². The molecule has 0 aromatic heterocycles. The molecular weight excluding hydrogens is 436 g/mol. The van der Waals surface area contributed by atoms with Crippen LogP contribution >= 0.6 is 0 Å². The van der Waals surface area contributed by atoms with Crippen LogP contribution in [0.3, 0.4) is 0 Å². The lowest BCUT2D eigenvalue weighted by Gasteiger charge is -2.32. The number of carbonyl (C=O) groups excluding carboxylic acids is 2. The molecule has 3 aromatic carbocycles. The quantitative estimate of drug-likeness (QED) is 0.415. The van der Waals surface area contributed by atoms with E-state index in [2.05, 4.69) is 5.32 Å². The molecule has 0 radical (unpaired) electrons. The zero-order valence-corrected chi connectivity index (χ0v) is 21.2. The monoisotopic (exact) mass is 472 g/mol. The Hall–Kier alpha value is -3.60. The summed E-state index contributed by atoms with van der Waals surface area (Å²) in [4.78, 5) is 28.8. The lowest BCUT2D eigenvalue weighted by Crippen LogP contribution is -2.53. The average Bonchev–Trinajstić information content (AvgIpc) is 2.87. The number of nitrogens with zero attached hydrogens (tertiary/aromatic N) is 1. The van der Waals surface area contributed by atoms with Crippen molar-refractivity contribution in [1.29, 1.82) is 0 Å². The van der Waals surface area contributed by atoms with Crippen LogP contribution in [0.15, 0.2) is 78.9 Å². The Morgan fingerprint density at radius 2 is 1.51 bits per heavy atom. The average molecular weight is 473 g/mol. The second kappa shape index (κ2) is 12.7. The first-order valence-electron chi connectivity index (χ1n) is 12.3. The summed E-state index contributed by atoms with van der Waals surface area (Å²) < 4.78 is 5.91. The third kappa shape index (κ3) is 7.44. The highest BCUT2D eigenvalue weighted by Gasteiger charge is 2.31. The van der Waals surface area contributed by atoms with Gasteiger partial charge >= 0.3 is 0 Å². The van der Waals surface area contributed by atoms with Gasteiger partial charge < -0.3 is 15.0 Å². The van der Waals surface area contributed by atoms with E-state index < -0.39 is 6.04 Å². The second-order valence-electron chi connectivity index (χ2n) is 9.03. The minimum absolute atomic E-state index is 0.0133. The zero-order valence-electron chi connectivity index (χ0n) is 21.2. The van der Waals surface area contributed by atoms with Gasteiger partial charge in [-0.25, -0.2) is 0 Å². The smallest absolute Gasteiger partial charge is 0.261 e. The van der Waals surface area contributed by atoms with Gasteiger partial charge in [-0.05, 0) is 55.5 Å². The van der Waals surface area contributed by atoms with Gasteiger partial charge in [-0.1, -0.05) is 79.7 Å². The van der Waals surface area contributed by atoms with Gasteiger partial charge in [-0.2, -0.15) is 0 Å². The zero-order chi connectivity index (χ0) is 25.2. The molecule has 0 fully saturated rings. The Labute approximate surface area is 209 Å². The van der Waals surface area contributed by atoms with Gasteiger partial charge in [-0.15, -0.1) is 0 Å². The van der Waals surface area contributed by atoms with Gasteiger partial charge in [0.2, 0.25) is 5.91 Å². The van der Waals surface area contributed by atoms with Crippen molar-refractivity contribution in [3.63, 3.8) is 0 Å². The summed E-state index contributed by atoms with van der Waals surface area (Å²) in [7, 11) is 0. The molecule has 3 rings (SSSR count). The van der Waals surface area contributed by atoms with Crippen molar-refractivity contribution in [2.45, 2.75) is 59.2 Å². The fourth-order valence-corrected chi connectivity index (χ4v) is 3.91. The summed E-state index contributed by atoms with van der Waals surface area (Å²) in [6.07, 6.45) is 1.23. The Kier molecular flexibility index (Phi) is 9.47. The topological polar surface area (TPSA) is 58.6 Å². The molecule has 0 aliphatic rings. The summed E-state index contributed by atoms with van der Waals surface area (Å²) in [6.45, 7) is 8.17. The number of rotatable bonds is 11. The molecule has 3 aromatic rings. The van der Waals surface area contributed by atoms with Crippen molar-refractivity contribution in [3.8, 4) is 5.75 Å². The number of hydrogen-bond acceptors (Lipinski definition) is 3. The number of amides is 2. The molecule has 0 aliphatic carbocycles. The largest absolute Gasteiger partial charge is 0.484 e. The Balaban J connectivity index is 1.93. The summed E-state index contributed by atoms with van der Waals surface area (Å²) in [6, 6.07) is 24.8. The third-order valence-corrected chi connectivity index (χ3v) is 6.32. The predicted octanol–water partition coefficient (Wildman–Crippen LogP) is 5.24. The molecule has 5 heteroatoms. The normalized spacial score (nSPS) is 12.5. The van der Waals surface area contributed by atoms with Crippen LogP contribution in [0.25, 0.3) is 0 Å². The maximum Gasteiger partial charge on any atom is 0.261 e. The number of para-hydroxylation sites is 1. The summed E-state index contributed by atoms with van der Waals surface area (Å²) in [5.41, 5.74) is 4.04. The van der Waals surface area contributed by atoms with Gasteiger partial charge in [0.15, 0.2) is 6.61 Å². The second-order valence-corrected chi connectivity index (χ2v) is 9.03. The Morgan fingerprint density at radius 3 is 2.17 bits per heavy atom. The van der Waals surface area contributed by atoms with Gasteiger partial charge in [0, 0.05) is 19.0 Å². The third-order valence-electron chi connectivity index (χ3n) is 6.32. The number of hydrogen-bond donors (Lipinski definition) is 1. The molecule has 1 N–H and O–H groups in total. The van der Waals surface area contributed by atoms with E-state index in [0.717, 1.165) is 28.7 Å². The SMILES string of the molecule is CC[C@@H](C)NC(=O)[C@H](Cc1ccccc1)N(Cc1ccccc1C)C(=O)COc1ccccc1C. The van der Waals surface area contributed by atoms with Crippen molar-refractivity contribution in [2.24, 2.45) is 0 Å². The minimum atomic E-state index is -0.668. The van der Waals surface area contributed by atoms with E-state index in [9.17, 15) is 9.59 Å². The van der Waals surface area contributed by atoms with Crippen molar-refractivity contribution < 1.29 is 14.3 Å². The van der Waals surface area contributed by atoms with E-state index in [1.807, 2.05) is 107 Å². The highest BCUT2D eigenvalue weighted by atomic mass is 16.5. The van der Waals surface area contributed by atoms with Gasteiger partial charge in [0.05, 0.1) is 0 Å². The maximum atomic E-state index is 13.7. The summed E-state index contributed by atoms with van der Waals surface area (Å²) >= 11 is 0. The first-order valence-corrected chi connectivity index (χ1v) is 12.3. The van der Waals surface area contributed by atoms with Crippen LogP contribution in [0.1, 0.15) is 42.5 Å². The van der Waals surface area contributed by atoms with Crippen molar-refractivity contribution in [2.75, 3.05) is 6.61 Å². The van der Waals surface area contributed by atoms with Gasteiger partial charge in [-0.3, -0.25) is 9.59 Å². The van der Waals surface area contributed by atoms with Crippen LogP contribution in [0.5, 0.6) is 5.75 Å². The highest BCUT2D eigenvalue weighted by molar-refractivity contribution is 5.88. The minimum Gasteiger partial charge on any atom is -0.484 e. The molecule has 2 atom stereocenters. The molecule has 184 valence electrons. The molecule has 35 heavy (non-hydrogen) atoms. The van der Waals surface area contributed by atoms with E-state index in [-0.39, 0.29) is 24.5 Å². The predicted molar refractivity (Wildman–Crippen MR) is 140 cm³/mol. The fraction of sp³-hybridized carbons (Fsp3) is 0.333. The molecule has 0 saturated heterocycles. The first kappa shape index (κ1) is 26.0. The Bertz CT molecular complexity index is 1110. The van der Waals surface area contributed by atoms with E-state index in [1.54, 1.807) is 4.90 Å². The molecule has 0 saturated carbocycles. The molecule has 5 nitrogen and oxygen atoms in total. The van der Waals surface area contributed by atoms with Crippen LogP contribution in [-0.4, -0.2) is 35.4 Å². The molecule has 0 unspecified atom stereocenters. The highest BCUT2D eigenvalue weighted by Crippen LogP contribution is 2.19. The number of nitrogens with one attached hydrogen (secondary N) is 1. The molecule has 0 heterocycles. The molecule has 0 spiro atoms. The van der Waals surface area contributed by atoms with Crippen molar-refractivity contribution in [1.82, 2.24) is 10.2 Å². The van der Waals surface area contributed by atoms with Crippen molar-refractivity contribution >= 4 is 11.8 Å². The fourth-order valence-electron chi connectivity index (χ4n) is 3.91. The van der Waals surface area contributed by atoms with E-state index in [1.165, 1.54) is 0 Å². The number of aryl methyl sites for hydroxylation is 2. The van der Waals surface area contributed by atoms with Gasteiger partial charge in [0.1, 0.15) is 11.8 Å². The van der Waals surface area contributed by atoms with E-state index in [0.29, 0.717) is 18.7 Å². The lowest BCUT2D eigenvalue weighted by atomic mass is 10.0. The molecular formula is C30H36N2O3. The first-order chi connectivity index (χ1) is 16.9. The van der Waals surface area contributed by atoms with E-state index in [4.69, 9.17) is 4.74 Å². The maximum absolute atomic E-state index is 13.7. The summed E-state index contributed by atoms with van der Waals surface area (Å²) in [5.74, 6) is 0.290. The lowest BCUT2D eigenvalue weighted by molar-refractivity contribution is -0.143. The number of ether oxygens (including phenoxy) is 1. The van der Waals surface area contributed by atoms with Crippen LogP contribution < -0.4 is 10.1 Å². The Morgan fingerprint density at radius 1 is 0.886 bits per heavy atom. The van der Waals surface area contributed by atoms with Crippen LogP contribution in [0, 0.1) is 13.8 Å². The van der Waals surface area contributed by atoms with Gasteiger partial charge in [0.25, 0.3) is 5.91 Å². The molecule has 0 aliphatic heterocycles. The van der Waals surface area contributed by atoms with Crippen LogP contribution in [0.2, 0.25) is 0 Å². The summed E-state index contributed by atoms with van der Waals surface area (Å²) in [5, 5.41) is 3.09. The number of carbonyl (C=O) groups is 2. The van der Waals surface area contributed by atoms with E-state index >= 15 is 0 Å². The van der Waals surface area contributed by atoms with Crippen LogP contribution in [-0.2, 0) is 22.6 Å².